The summed E-state index contributed by atoms with van der Waals surface area (Å²) >= 11 is 0. The fourth-order valence-corrected chi connectivity index (χ4v) is 1.81. The molecule has 1 aromatic carbocycles. The quantitative estimate of drug-likeness (QED) is 0.579. The number of rotatable bonds is 7. The Morgan fingerprint density at radius 3 is 2.57 bits per heavy atom. The Labute approximate surface area is 129 Å². The Bertz CT molecular complexity index is 689. The van der Waals surface area contributed by atoms with Gasteiger partial charge in [-0.15, -0.1) is 0 Å². The number of aromatic nitrogens is 2. The highest BCUT2D eigenvalue weighted by Gasteiger charge is 2.40. The molecule has 0 N–H and O–H groups in total. The van der Waals surface area contributed by atoms with Gasteiger partial charge in [-0.3, -0.25) is 4.79 Å². The first kappa shape index (κ1) is 17.1. The molecule has 0 aliphatic carbocycles. The molecule has 0 fully saturated rings. The molecule has 124 valence electrons. The molecule has 0 bridgehead atoms. The van der Waals surface area contributed by atoms with E-state index in [2.05, 4.69) is 9.72 Å². The molecule has 2 aromatic rings. The highest BCUT2D eigenvalue weighted by Crippen LogP contribution is 2.22. The first-order valence-electron chi connectivity index (χ1n) is 6.76. The van der Waals surface area contributed by atoms with Crippen molar-refractivity contribution in [1.29, 1.82) is 0 Å². The number of nitrogens with zero attached hydrogens (tertiary/aromatic N) is 2. The molecule has 23 heavy (non-hydrogen) atoms. The lowest BCUT2D eigenvalue weighted by molar-refractivity contribution is -0.166. The van der Waals surface area contributed by atoms with Crippen LogP contribution in [-0.2, 0) is 11.3 Å². The normalized spacial score (nSPS) is 11.9. The summed E-state index contributed by atoms with van der Waals surface area (Å²) in [5.74, 6) is -4.20. The van der Waals surface area contributed by atoms with Crippen LogP contribution >= 0.6 is 0 Å². The summed E-state index contributed by atoms with van der Waals surface area (Å²) in [5, 5.41) is 0. The maximum atomic E-state index is 12.7. The smallest absolute Gasteiger partial charge is 0.330 e. The first-order valence-corrected chi connectivity index (χ1v) is 6.76. The van der Waals surface area contributed by atoms with Crippen molar-refractivity contribution in [2.24, 2.45) is 0 Å². The van der Waals surface area contributed by atoms with Gasteiger partial charge in [-0.05, 0) is 0 Å². The van der Waals surface area contributed by atoms with Gasteiger partial charge in [0.25, 0.3) is 5.56 Å². The molecule has 0 amide bonds. The van der Waals surface area contributed by atoms with Crippen molar-refractivity contribution >= 4 is 0 Å². The van der Waals surface area contributed by atoms with Crippen LogP contribution in [0.3, 0.4) is 0 Å². The van der Waals surface area contributed by atoms with E-state index in [4.69, 9.17) is 0 Å². The summed E-state index contributed by atoms with van der Waals surface area (Å²) in [6.07, 6.45) is -1.21. The van der Waals surface area contributed by atoms with Crippen molar-refractivity contribution in [3.8, 4) is 11.3 Å². The van der Waals surface area contributed by atoms with Gasteiger partial charge in [-0.25, -0.2) is 13.8 Å². The van der Waals surface area contributed by atoms with Gasteiger partial charge < -0.3 is 9.30 Å². The fraction of sp³-hybridized carbons (Fsp3) is 0.333. The van der Waals surface area contributed by atoms with Crippen molar-refractivity contribution < 1.29 is 22.3 Å². The molecule has 2 rings (SSSR count). The summed E-state index contributed by atoms with van der Waals surface area (Å²) in [4.78, 5) is 15.7. The second-order valence-corrected chi connectivity index (χ2v) is 4.78. The second kappa shape index (κ2) is 7.36. The minimum Gasteiger partial charge on any atom is -0.373 e. The Hall–Kier alpha value is -2.22. The average molecular weight is 330 g/mol. The number of hydrogen-bond acceptors (Lipinski definition) is 3. The van der Waals surface area contributed by atoms with Gasteiger partial charge >= 0.3 is 12.3 Å². The largest absolute Gasteiger partial charge is 0.373 e. The molecule has 0 saturated heterocycles. The molecule has 1 aromatic heterocycles. The zero-order chi connectivity index (χ0) is 16.9. The van der Waals surface area contributed by atoms with Crippen LogP contribution in [0.5, 0.6) is 0 Å². The Morgan fingerprint density at radius 1 is 1.22 bits per heavy atom. The van der Waals surface area contributed by atoms with Crippen LogP contribution in [0.25, 0.3) is 11.3 Å². The van der Waals surface area contributed by atoms with Crippen LogP contribution in [0.15, 0.2) is 47.5 Å². The molecular weight excluding hydrogens is 316 g/mol. The molecule has 1 heterocycles. The first-order chi connectivity index (χ1) is 10.9. The van der Waals surface area contributed by atoms with Gasteiger partial charge in [0.2, 0.25) is 0 Å². The van der Waals surface area contributed by atoms with Crippen molar-refractivity contribution in [3.05, 3.63) is 53.1 Å². The van der Waals surface area contributed by atoms with E-state index >= 15 is 0 Å². The minimum atomic E-state index is -4.20. The van der Waals surface area contributed by atoms with Crippen molar-refractivity contribution in [2.75, 3.05) is 13.2 Å². The number of alkyl halides is 4. The van der Waals surface area contributed by atoms with Crippen LogP contribution < -0.4 is 5.56 Å². The monoisotopic (exact) mass is 330 g/mol. The van der Waals surface area contributed by atoms with Gasteiger partial charge in [-0.2, -0.15) is 8.78 Å². The topological polar surface area (TPSA) is 44.1 Å². The third-order valence-corrected chi connectivity index (χ3v) is 3.04. The summed E-state index contributed by atoms with van der Waals surface area (Å²) in [5.41, 5.74) is 0.878. The van der Waals surface area contributed by atoms with Crippen LogP contribution in [0.2, 0.25) is 0 Å². The molecule has 0 atom stereocenters. The maximum absolute atomic E-state index is 12.7. The molecule has 4 nitrogen and oxygen atoms in total. The summed E-state index contributed by atoms with van der Waals surface area (Å²) in [7, 11) is 0. The summed E-state index contributed by atoms with van der Waals surface area (Å²) in [6.45, 7) is -1.73. The zero-order valence-electron chi connectivity index (χ0n) is 12.0. The predicted molar refractivity (Wildman–Crippen MR) is 75.7 cm³/mol. The molecule has 0 unspecified atom stereocenters. The average Bonchev–Trinajstić information content (AvgIpc) is 2.53. The molecule has 0 radical (unpaired) electrons. The van der Waals surface area contributed by atoms with Gasteiger partial charge in [0, 0.05) is 18.3 Å². The standard InChI is InChI=1S/C15H14F4N2O2/c16-14(17)15(18,19)10-23-7-6-21-9-12(20-8-13(21)22)11-4-2-1-3-5-11/h1-5,8-9,14H,6-7,10H2. The summed E-state index contributed by atoms with van der Waals surface area (Å²) < 4.78 is 55.1. The molecule has 8 heteroatoms. The minimum absolute atomic E-state index is 0.0412. The predicted octanol–water partition coefficient (Wildman–Crippen LogP) is 2.83. The molecule has 0 saturated carbocycles. The van der Waals surface area contributed by atoms with Gasteiger partial charge in [-0.1, -0.05) is 30.3 Å². The highest BCUT2D eigenvalue weighted by atomic mass is 19.3. The summed E-state index contributed by atoms with van der Waals surface area (Å²) in [6, 6.07) is 9.05. The number of halogens is 4. The highest BCUT2D eigenvalue weighted by molar-refractivity contribution is 5.57. The van der Waals surface area contributed by atoms with Crippen LogP contribution in [0, 0.1) is 0 Å². The molecule has 0 aliphatic heterocycles. The van der Waals surface area contributed by atoms with Crippen molar-refractivity contribution in [3.63, 3.8) is 0 Å². The SMILES string of the molecule is O=c1cnc(-c2ccccc2)cn1CCOCC(F)(F)C(F)F. The van der Waals surface area contributed by atoms with Crippen LogP contribution in [0.1, 0.15) is 0 Å². The molecule has 0 aliphatic rings. The lowest BCUT2D eigenvalue weighted by Gasteiger charge is -2.15. The van der Waals surface area contributed by atoms with Crippen LogP contribution in [-0.4, -0.2) is 35.1 Å². The van der Waals surface area contributed by atoms with Crippen molar-refractivity contribution in [2.45, 2.75) is 18.9 Å². The number of benzene rings is 1. The third-order valence-electron chi connectivity index (χ3n) is 3.04. The van der Waals surface area contributed by atoms with Gasteiger partial charge in [0.15, 0.2) is 0 Å². The Kier molecular flexibility index (Phi) is 5.49. The fourth-order valence-electron chi connectivity index (χ4n) is 1.81. The lowest BCUT2D eigenvalue weighted by atomic mass is 10.2. The third kappa shape index (κ3) is 4.62. The molecular formula is C15H14F4N2O2. The van der Waals surface area contributed by atoms with E-state index < -0.39 is 24.5 Å². The van der Waals surface area contributed by atoms with E-state index in [9.17, 15) is 22.4 Å². The van der Waals surface area contributed by atoms with E-state index in [1.165, 1.54) is 10.8 Å². The van der Waals surface area contributed by atoms with E-state index in [0.29, 0.717) is 5.69 Å². The molecule has 0 spiro atoms. The van der Waals surface area contributed by atoms with Crippen molar-refractivity contribution in [1.82, 2.24) is 9.55 Å². The van der Waals surface area contributed by atoms with Crippen LogP contribution in [0.4, 0.5) is 17.6 Å². The second-order valence-electron chi connectivity index (χ2n) is 4.78. The lowest BCUT2D eigenvalue weighted by Crippen LogP contribution is -2.33. The maximum Gasteiger partial charge on any atom is 0.330 e. The number of ether oxygens (including phenoxy) is 1. The Balaban J connectivity index is 1.99. The van der Waals surface area contributed by atoms with E-state index in [1.807, 2.05) is 18.2 Å². The van der Waals surface area contributed by atoms with E-state index in [0.717, 1.165) is 11.8 Å². The number of hydrogen-bond donors (Lipinski definition) is 0. The zero-order valence-corrected chi connectivity index (χ0v) is 12.0. The van der Waals surface area contributed by atoms with Gasteiger partial charge in [0.1, 0.15) is 6.61 Å². The Morgan fingerprint density at radius 2 is 1.91 bits per heavy atom. The van der Waals surface area contributed by atoms with E-state index in [1.54, 1.807) is 12.1 Å². The van der Waals surface area contributed by atoms with E-state index in [-0.39, 0.29) is 13.2 Å². The van der Waals surface area contributed by atoms with Gasteiger partial charge in [0.05, 0.1) is 18.5 Å².